The molecule has 0 aliphatic rings. The first-order valence-corrected chi connectivity index (χ1v) is 1.82. The van der Waals surface area contributed by atoms with Gasteiger partial charge < -0.3 is 15.9 Å². The standard InChI is InChI=1S/C4H9NO.2O.Zr/c1-4(6)5(2)3;;;/h1-3H3;;;/q;2*-2;+4. The van der Waals surface area contributed by atoms with Crippen LogP contribution in [0.3, 0.4) is 0 Å². The van der Waals surface area contributed by atoms with Crippen LogP contribution in [0.15, 0.2) is 0 Å². The van der Waals surface area contributed by atoms with Crippen molar-refractivity contribution in [3.05, 3.63) is 0 Å². The van der Waals surface area contributed by atoms with E-state index in [1.54, 1.807) is 14.1 Å². The predicted molar refractivity (Wildman–Crippen MR) is 25.7 cm³/mol. The fourth-order valence-electron chi connectivity index (χ4n) is 0. The molecule has 0 rings (SSSR count). The molecule has 0 heterocycles. The summed E-state index contributed by atoms with van der Waals surface area (Å²) in [4.78, 5) is 11.6. The molecule has 0 aliphatic heterocycles. The Morgan fingerprint density at radius 3 is 1.33 bits per heavy atom. The molecule has 5 heteroatoms. The third-order valence-corrected chi connectivity index (χ3v) is 0.630. The Bertz CT molecular complexity index is 66.8. The molecule has 0 radical (unpaired) electrons. The van der Waals surface area contributed by atoms with E-state index >= 15 is 0 Å². The Hall–Kier alpha value is 0.273. The molecule has 9 heavy (non-hydrogen) atoms. The first-order chi connectivity index (χ1) is 2.64. The SMILES string of the molecule is CC(=O)N(C)C.[O-2].[O-2].[Zr+4]. The number of rotatable bonds is 0. The van der Waals surface area contributed by atoms with E-state index in [0.29, 0.717) is 0 Å². The maximum Gasteiger partial charge on any atom is 4.00 e. The molecule has 0 unspecified atom stereocenters. The van der Waals surface area contributed by atoms with Gasteiger partial charge in [-0.25, -0.2) is 0 Å². The van der Waals surface area contributed by atoms with Crippen LogP contribution in [0, 0.1) is 0 Å². The van der Waals surface area contributed by atoms with Gasteiger partial charge in [0.05, 0.1) is 0 Å². The summed E-state index contributed by atoms with van der Waals surface area (Å²) in [5.41, 5.74) is 0. The molecule has 0 spiro atoms. The third-order valence-electron chi connectivity index (χ3n) is 0.630. The molecule has 0 saturated carbocycles. The Kier molecular flexibility index (Phi) is 28.2. The average molecular weight is 210 g/mol. The van der Waals surface area contributed by atoms with Crippen LogP contribution in [0.25, 0.3) is 0 Å². The smallest absolute Gasteiger partial charge is 2.00 e. The van der Waals surface area contributed by atoms with Gasteiger partial charge in [0.25, 0.3) is 0 Å². The minimum absolute atomic E-state index is 0. The molecule has 0 saturated heterocycles. The fraction of sp³-hybridized carbons (Fsp3) is 0.750. The van der Waals surface area contributed by atoms with Gasteiger partial charge in [-0.15, -0.1) is 0 Å². The van der Waals surface area contributed by atoms with E-state index < -0.39 is 0 Å². The molecule has 0 aromatic rings. The molecule has 0 bridgehead atoms. The minimum atomic E-state index is 0. The summed E-state index contributed by atoms with van der Waals surface area (Å²) in [7, 11) is 3.45. The maximum atomic E-state index is 10.1. The number of hydrogen-bond acceptors (Lipinski definition) is 1. The van der Waals surface area contributed by atoms with E-state index in [9.17, 15) is 4.79 Å². The Balaban J connectivity index is -0.0000000417. The third kappa shape index (κ3) is 17.8. The van der Waals surface area contributed by atoms with Crippen LogP contribution in [0.2, 0.25) is 0 Å². The van der Waals surface area contributed by atoms with Crippen LogP contribution >= 0.6 is 0 Å². The van der Waals surface area contributed by atoms with E-state index in [1.165, 1.54) is 11.8 Å². The topological polar surface area (TPSA) is 77.3 Å². The van der Waals surface area contributed by atoms with Crippen LogP contribution in [0.5, 0.6) is 0 Å². The van der Waals surface area contributed by atoms with Crippen LogP contribution in [-0.2, 0) is 42.0 Å². The van der Waals surface area contributed by atoms with Gasteiger partial charge in [-0.3, -0.25) is 4.79 Å². The van der Waals surface area contributed by atoms with Crippen molar-refractivity contribution in [1.29, 1.82) is 0 Å². The van der Waals surface area contributed by atoms with Crippen molar-refractivity contribution in [3.8, 4) is 0 Å². The molecule has 1 amide bonds. The van der Waals surface area contributed by atoms with E-state index in [1.807, 2.05) is 0 Å². The maximum absolute atomic E-state index is 10.1. The van der Waals surface area contributed by atoms with E-state index in [0.717, 1.165) is 0 Å². The zero-order valence-electron chi connectivity index (χ0n) is 5.67. The van der Waals surface area contributed by atoms with Crippen molar-refractivity contribution < 1.29 is 42.0 Å². The van der Waals surface area contributed by atoms with Crippen molar-refractivity contribution >= 4 is 5.91 Å². The number of carbonyl (C=O) groups excluding carboxylic acids is 1. The zero-order chi connectivity index (χ0) is 5.15. The van der Waals surface area contributed by atoms with Gasteiger partial charge in [-0.1, -0.05) is 0 Å². The molecule has 4 nitrogen and oxygen atoms in total. The van der Waals surface area contributed by atoms with Crippen molar-refractivity contribution in [1.82, 2.24) is 4.90 Å². The first kappa shape index (κ1) is 22.8. The summed E-state index contributed by atoms with van der Waals surface area (Å²) in [5.74, 6) is 0.0926. The predicted octanol–water partition coefficient (Wildman–Crippen LogP) is -0.146. The number of hydrogen-bond donors (Lipinski definition) is 0. The normalized spacial score (nSPS) is 5.22. The van der Waals surface area contributed by atoms with E-state index in [-0.39, 0.29) is 43.1 Å². The Morgan fingerprint density at radius 1 is 1.22 bits per heavy atom. The van der Waals surface area contributed by atoms with Gasteiger partial charge in [0.1, 0.15) is 0 Å². The molecule has 0 atom stereocenters. The number of nitrogens with zero attached hydrogens (tertiary/aromatic N) is 1. The van der Waals surface area contributed by atoms with E-state index in [4.69, 9.17) is 0 Å². The first-order valence-electron chi connectivity index (χ1n) is 1.82. The van der Waals surface area contributed by atoms with Gasteiger partial charge >= 0.3 is 26.2 Å². The van der Waals surface area contributed by atoms with Crippen LogP contribution in [-0.4, -0.2) is 24.9 Å². The molecular weight excluding hydrogens is 201 g/mol. The molecule has 52 valence electrons. The quantitative estimate of drug-likeness (QED) is 0.548. The number of carbonyl (C=O) groups is 1. The van der Waals surface area contributed by atoms with Crippen LogP contribution < -0.4 is 0 Å². The summed E-state index contributed by atoms with van der Waals surface area (Å²) in [5, 5.41) is 0. The fourth-order valence-corrected chi connectivity index (χ4v) is 0. The number of amides is 1. The largest absolute Gasteiger partial charge is 4.00 e. The Labute approximate surface area is 74.0 Å². The molecule has 0 N–H and O–H groups in total. The average Bonchev–Trinajstić information content (AvgIpc) is 1.36. The molecular formula is C4H9NO3Zr. The van der Waals surface area contributed by atoms with Crippen molar-refractivity contribution in [2.24, 2.45) is 0 Å². The second-order valence-electron chi connectivity index (χ2n) is 1.41. The van der Waals surface area contributed by atoms with Crippen LogP contribution in [0.4, 0.5) is 0 Å². The summed E-state index contributed by atoms with van der Waals surface area (Å²) in [6.07, 6.45) is 0. The molecule has 0 fully saturated rings. The summed E-state index contributed by atoms with van der Waals surface area (Å²) >= 11 is 0. The van der Waals surface area contributed by atoms with Gasteiger partial charge in [0.2, 0.25) is 5.91 Å². The van der Waals surface area contributed by atoms with Crippen molar-refractivity contribution in [3.63, 3.8) is 0 Å². The summed E-state index contributed by atoms with van der Waals surface area (Å²) in [6, 6.07) is 0. The zero-order valence-corrected chi connectivity index (χ0v) is 8.13. The van der Waals surface area contributed by atoms with Gasteiger partial charge in [0, 0.05) is 21.0 Å². The molecule has 0 aromatic carbocycles. The minimum Gasteiger partial charge on any atom is -2.00 e. The van der Waals surface area contributed by atoms with Gasteiger partial charge in [0.15, 0.2) is 0 Å². The van der Waals surface area contributed by atoms with Crippen molar-refractivity contribution in [2.75, 3.05) is 14.1 Å². The van der Waals surface area contributed by atoms with Gasteiger partial charge in [-0.05, 0) is 0 Å². The second kappa shape index (κ2) is 11.1. The monoisotopic (exact) mass is 209 g/mol. The summed E-state index contributed by atoms with van der Waals surface area (Å²) in [6.45, 7) is 1.53. The summed E-state index contributed by atoms with van der Waals surface area (Å²) < 4.78 is 0. The van der Waals surface area contributed by atoms with E-state index in [2.05, 4.69) is 0 Å². The van der Waals surface area contributed by atoms with Crippen molar-refractivity contribution in [2.45, 2.75) is 6.92 Å². The van der Waals surface area contributed by atoms with Crippen LogP contribution in [0.1, 0.15) is 6.92 Å². The second-order valence-corrected chi connectivity index (χ2v) is 1.41. The van der Waals surface area contributed by atoms with Gasteiger partial charge in [-0.2, -0.15) is 0 Å². The molecule has 0 aromatic heterocycles. The Morgan fingerprint density at radius 2 is 1.33 bits per heavy atom. The molecule has 0 aliphatic carbocycles.